The molecular weight excluding hydrogens is 360 g/mol. The van der Waals surface area contributed by atoms with E-state index < -0.39 is 64.0 Å². The van der Waals surface area contributed by atoms with E-state index in [0.29, 0.717) is 0 Å². The summed E-state index contributed by atoms with van der Waals surface area (Å²) in [6, 6.07) is -1.52. The first-order valence-corrected chi connectivity index (χ1v) is 7.10. The van der Waals surface area contributed by atoms with Gasteiger partial charge >= 0.3 is 17.7 Å². The average Bonchev–Trinajstić information content (AvgIpc) is 2.45. The van der Waals surface area contributed by atoms with Crippen LogP contribution < -0.4 is 15.8 Å². The highest BCUT2D eigenvalue weighted by atomic mass is 19.1. The molecule has 1 aromatic carbocycles. The lowest BCUT2D eigenvalue weighted by molar-refractivity contribution is -0.388. The second kappa shape index (κ2) is 7.80. The van der Waals surface area contributed by atoms with Gasteiger partial charge in [0.2, 0.25) is 11.6 Å². The van der Waals surface area contributed by atoms with Crippen LogP contribution in [0.2, 0.25) is 0 Å². The maximum Gasteiger partial charge on any atom is 0.408 e. The number of alkyl carbamates (subject to hydrolysis) is 1. The van der Waals surface area contributed by atoms with Crippen LogP contribution in [0, 0.1) is 21.7 Å². The topological polar surface area (TPSA) is 154 Å². The van der Waals surface area contributed by atoms with Crippen molar-refractivity contribution in [2.75, 3.05) is 12.3 Å². The molecule has 0 aliphatic heterocycles. The summed E-state index contributed by atoms with van der Waals surface area (Å²) in [6.45, 7) is 3.72. The van der Waals surface area contributed by atoms with Crippen molar-refractivity contribution in [3.63, 3.8) is 0 Å². The number of nitrogen functional groups attached to an aromatic ring is 1. The van der Waals surface area contributed by atoms with Crippen LogP contribution in [0.1, 0.15) is 20.8 Å². The summed E-state index contributed by atoms with van der Waals surface area (Å²) in [5.74, 6) is -5.43. The van der Waals surface area contributed by atoms with Gasteiger partial charge in [-0.3, -0.25) is 10.1 Å². The van der Waals surface area contributed by atoms with Gasteiger partial charge in [-0.2, -0.15) is 4.39 Å². The van der Waals surface area contributed by atoms with Crippen molar-refractivity contribution in [2.45, 2.75) is 32.4 Å². The number of nitrogens with one attached hydrogen (secondary N) is 1. The van der Waals surface area contributed by atoms with Crippen LogP contribution in [0.3, 0.4) is 0 Å². The number of hydrogen-bond acceptors (Lipinski definition) is 7. The molecule has 1 atom stereocenters. The molecule has 1 rings (SSSR count). The summed E-state index contributed by atoms with van der Waals surface area (Å²) >= 11 is 0. The summed E-state index contributed by atoms with van der Waals surface area (Å²) in [4.78, 5) is 32.5. The number of halogens is 2. The van der Waals surface area contributed by atoms with Gasteiger partial charge in [-0.25, -0.2) is 14.0 Å². The molecular formula is C14H17F2N3O7. The molecule has 12 heteroatoms. The Bertz CT molecular complexity index is 734. The molecule has 0 spiro atoms. The Balaban J connectivity index is 3.02. The van der Waals surface area contributed by atoms with Crippen molar-refractivity contribution in [3.8, 4) is 5.75 Å². The Morgan fingerprint density at radius 1 is 1.38 bits per heavy atom. The van der Waals surface area contributed by atoms with Gasteiger partial charge in [0.25, 0.3) is 0 Å². The predicted octanol–water partition coefficient (Wildman–Crippen LogP) is 1.81. The number of nitro groups is 1. The summed E-state index contributed by atoms with van der Waals surface area (Å²) in [6.07, 6.45) is -1.10. The normalized spacial score (nSPS) is 12.2. The van der Waals surface area contributed by atoms with Gasteiger partial charge < -0.3 is 25.6 Å². The van der Waals surface area contributed by atoms with Crippen LogP contribution in [0.4, 0.5) is 25.0 Å². The van der Waals surface area contributed by atoms with Crippen LogP contribution in [-0.4, -0.2) is 40.3 Å². The third-order valence-corrected chi connectivity index (χ3v) is 2.76. The van der Waals surface area contributed by atoms with Crippen LogP contribution in [0.15, 0.2) is 6.07 Å². The zero-order valence-corrected chi connectivity index (χ0v) is 14.0. The molecule has 10 nitrogen and oxygen atoms in total. The number of carbonyl (C=O) groups is 2. The quantitative estimate of drug-likeness (QED) is 0.385. The Morgan fingerprint density at radius 3 is 2.42 bits per heavy atom. The van der Waals surface area contributed by atoms with Crippen molar-refractivity contribution < 1.29 is 37.9 Å². The number of hydrogen-bond donors (Lipinski definition) is 3. The molecule has 0 radical (unpaired) electrons. The lowest BCUT2D eigenvalue weighted by Gasteiger charge is -2.22. The molecule has 0 fully saturated rings. The number of nitrogens with zero attached hydrogens (tertiary/aromatic N) is 1. The Hall–Kier alpha value is -3.18. The van der Waals surface area contributed by atoms with Crippen LogP contribution in [0.5, 0.6) is 5.75 Å². The van der Waals surface area contributed by atoms with Crippen molar-refractivity contribution in [2.24, 2.45) is 0 Å². The molecule has 0 aromatic heterocycles. The average molecular weight is 377 g/mol. The fourth-order valence-corrected chi connectivity index (χ4v) is 1.71. The fraction of sp³-hybridized carbons (Fsp3) is 0.429. The van der Waals surface area contributed by atoms with E-state index in [1.807, 2.05) is 5.32 Å². The van der Waals surface area contributed by atoms with E-state index in [2.05, 4.69) is 0 Å². The molecule has 144 valence electrons. The first-order chi connectivity index (χ1) is 11.8. The minimum absolute atomic E-state index is 0.202. The second-order valence-electron chi connectivity index (χ2n) is 6.04. The number of carbonyl (C=O) groups excluding carboxylic acids is 1. The van der Waals surface area contributed by atoms with Crippen molar-refractivity contribution in [3.05, 3.63) is 27.8 Å². The van der Waals surface area contributed by atoms with Crippen molar-refractivity contribution >= 4 is 23.4 Å². The van der Waals surface area contributed by atoms with Gasteiger partial charge in [0, 0.05) is 6.07 Å². The first kappa shape index (κ1) is 20.9. The minimum Gasteiger partial charge on any atom is -0.482 e. The number of rotatable bonds is 6. The predicted molar refractivity (Wildman–Crippen MR) is 83.7 cm³/mol. The first-order valence-electron chi connectivity index (χ1n) is 7.10. The van der Waals surface area contributed by atoms with Gasteiger partial charge in [-0.05, 0) is 20.8 Å². The Morgan fingerprint density at radius 2 is 1.96 bits per heavy atom. The Kier molecular flexibility index (Phi) is 6.26. The van der Waals surface area contributed by atoms with Gasteiger partial charge in [0.1, 0.15) is 17.9 Å². The fourth-order valence-electron chi connectivity index (χ4n) is 1.71. The van der Waals surface area contributed by atoms with Gasteiger partial charge in [0.15, 0.2) is 11.9 Å². The number of benzene rings is 1. The smallest absolute Gasteiger partial charge is 0.408 e. The third-order valence-electron chi connectivity index (χ3n) is 2.76. The zero-order chi connectivity index (χ0) is 20.2. The lowest BCUT2D eigenvalue weighted by Crippen LogP contribution is -2.46. The number of carboxylic acid groups (broad SMARTS) is 1. The number of anilines is 1. The highest BCUT2D eigenvalue weighted by Crippen LogP contribution is 2.37. The SMILES string of the molecule is CC(C)(C)OC(=O)N[C@H](COc1c(N)c(F)cc(F)c1[N+](=O)[O-])C(=O)O. The molecule has 1 amide bonds. The van der Waals surface area contributed by atoms with Gasteiger partial charge in [-0.15, -0.1) is 0 Å². The van der Waals surface area contributed by atoms with E-state index in [0.717, 1.165) is 0 Å². The highest BCUT2D eigenvalue weighted by Gasteiger charge is 2.30. The van der Waals surface area contributed by atoms with Gasteiger partial charge in [-0.1, -0.05) is 0 Å². The number of nitro benzene ring substituents is 1. The molecule has 0 saturated heterocycles. The maximum absolute atomic E-state index is 13.6. The molecule has 0 unspecified atom stereocenters. The van der Waals surface area contributed by atoms with Crippen LogP contribution >= 0.6 is 0 Å². The maximum atomic E-state index is 13.6. The van der Waals surface area contributed by atoms with E-state index in [-0.39, 0.29) is 6.07 Å². The number of aliphatic carboxylic acids is 1. The van der Waals surface area contributed by atoms with E-state index in [1.54, 1.807) is 20.8 Å². The number of nitrogens with two attached hydrogens (primary N) is 1. The summed E-state index contributed by atoms with van der Waals surface area (Å²) in [5.41, 5.74) is 2.26. The molecule has 0 aliphatic carbocycles. The summed E-state index contributed by atoms with van der Waals surface area (Å²) in [7, 11) is 0. The van der Waals surface area contributed by atoms with Gasteiger partial charge in [0.05, 0.1) is 4.92 Å². The second-order valence-corrected chi connectivity index (χ2v) is 6.04. The molecule has 26 heavy (non-hydrogen) atoms. The van der Waals surface area contributed by atoms with E-state index in [9.17, 15) is 28.5 Å². The Labute approximate surface area is 146 Å². The van der Waals surface area contributed by atoms with Crippen molar-refractivity contribution in [1.82, 2.24) is 5.32 Å². The van der Waals surface area contributed by atoms with Crippen molar-refractivity contribution in [1.29, 1.82) is 0 Å². The standard InChI is InChI=1S/C14H17F2N3O7/c1-14(2,3)26-13(22)18-8(12(20)21)5-25-11-9(17)6(15)4-7(16)10(11)19(23)24/h4,8H,5,17H2,1-3H3,(H,18,22)(H,20,21)/t8-/m1/s1. The minimum atomic E-state index is -1.73. The van der Waals surface area contributed by atoms with E-state index in [4.69, 9.17) is 20.3 Å². The van der Waals surface area contributed by atoms with Crippen LogP contribution in [0.25, 0.3) is 0 Å². The highest BCUT2D eigenvalue weighted by molar-refractivity contribution is 5.80. The molecule has 0 heterocycles. The van der Waals surface area contributed by atoms with Crippen LogP contribution in [-0.2, 0) is 9.53 Å². The third kappa shape index (κ3) is 5.43. The monoisotopic (exact) mass is 377 g/mol. The molecule has 0 bridgehead atoms. The van der Waals surface area contributed by atoms with E-state index in [1.165, 1.54) is 0 Å². The largest absolute Gasteiger partial charge is 0.482 e. The zero-order valence-electron chi connectivity index (χ0n) is 14.0. The number of amides is 1. The molecule has 1 aromatic rings. The summed E-state index contributed by atoms with van der Waals surface area (Å²) < 4.78 is 36.8. The molecule has 0 aliphatic rings. The summed E-state index contributed by atoms with van der Waals surface area (Å²) in [5, 5.41) is 22.0. The molecule has 0 saturated carbocycles. The number of carboxylic acids is 1. The number of ether oxygens (including phenoxy) is 2. The lowest BCUT2D eigenvalue weighted by atomic mass is 10.2. The molecule has 4 N–H and O–H groups in total. The van der Waals surface area contributed by atoms with E-state index >= 15 is 0 Å².